The Balaban J connectivity index is 2.29. The maximum Gasteiger partial charge on any atom is 0.123 e. The highest BCUT2D eigenvalue weighted by molar-refractivity contribution is 7.07. The molecule has 0 spiro atoms. The SMILES string of the molecule is CCNC(Cc1ccsc1)c1cc(C)ccc1OC. The predicted molar refractivity (Wildman–Crippen MR) is 82.2 cm³/mol. The number of thiophene rings is 1. The third-order valence-electron chi connectivity index (χ3n) is 3.23. The molecule has 0 bridgehead atoms. The fraction of sp³-hybridized carbons (Fsp3) is 0.375. The highest BCUT2D eigenvalue weighted by Gasteiger charge is 2.16. The van der Waals surface area contributed by atoms with Crippen LogP contribution in [-0.2, 0) is 6.42 Å². The maximum absolute atomic E-state index is 5.51. The number of rotatable bonds is 6. The van der Waals surface area contributed by atoms with Crippen molar-refractivity contribution in [3.8, 4) is 5.75 Å². The summed E-state index contributed by atoms with van der Waals surface area (Å²) in [5.74, 6) is 0.965. The highest BCUT2D eigenvalue weighted by atomic mass is 32.1. The Kier molecular flexibility index (Phi) is 5.00. The van der Waals surface area contributed by atoms with E-state index < -0.39 is 0 Å². The van der Waals surface area contributed by atoms with Crippen molar-refractivity contribution in [1.29, 1.82) is 0 Å². The van der Waals surface area contributed by atoms with Gasteiger partial charge >= 0.3 is 0 Å². The Hall–Kier alpha value is -1.32. The van der Waals surface area contributed by atoms with Gasteiger partial charge in [0.05, 0.1) is 7.11 Å². The lowest BCUT2D eigenvalue weighted by Gasteiger charge is -2.21. The summed E-state index contributed by atoms with van der Waals surface area (Å²) in [6, 6.07) is 8.86. The smallest absolute Gasteiger partial charge is 0.123 e. The van der Waals surface area contributed by atoms with Crippen LogP contribution in [-0.4, -0.2) is 13.7 Å². The van der Waals surface area contributed by atoms with E-state index in [0.717, 1.165) is 18.7 Å². The first kappa shape index (κ1) is 14.1. The summed E-state index contributed by atoms with van der Waals surface area (Å²) in [6.45, 7) is 5.21. The molecule has 0 fully saturated rings. The van der Waals surface area contributed by atoms with E-state index in [1.807, 2.05) is 0 Å². The molecule has 0 saturated heterocycles. The number of likely N-dealkylation sites (N-methyl/N-ethyl adjacent to an activating group) is 1. The first-order valence-electron chi connectivity index (χ1n) is 6.63. The number of hydrogen-bond acceptors (Lipinski definition) is 3. The monoisotopic (exact) mass is 275 g/mol. The molecule has 1 unspecified atom stereocenters. The minimum Gasteiger partial charge on any atom is -0.496 e. The Bertz CT molecular complexity index is 507. The van der Waals surface area contributed by atoms with Gasteiger partial charge in [-0.25, -0.2) is 0 Å². The van der Waals surface area contributed by atoms with Crippen LogP contribution in [0.4, 0.5) is 0 Å². The van der Waals surface area contributed by atoms with Crippen LogP contribution in [0.3, 0.4) is 0 Å². The lowest BCUT2D eigenvalue weighted by Crippen LogP contribution is -2.23. The van der Waals surface area contributed by atoms with Crippen LogP contribution >= 0.6 is 11.3 Å². The summed E-state index contributed by atoms with van der Waals surface area (Å²) >= 11 is 1.75. The van der Waals surface area contributed by atoms with Gasteiger partial charge < -0.3 is 10.1 Å². The minimum absolute atomic E-state index is 0.300. The van der Waals surface area contributed by atoms with E-state index in [9.17, 15) is 0 Å². The molecule has 1 aromatic heterocycles. The zero-order valence-corrected chi connectivity index (χ0v) is 12.6. The Morgan fingerprint density at radius 1 is 1.32 bits per heavy atom. The second-order valence-electron chi connectivity index (χ2n) is 4.69. The minimum atomic E-state index is 0.300. The molecule has 2 rings (SSSR count). The van der Waals surface area contributed by atoms with Gasteiger partial charge in [-0.1, -0.05) is 24.6 Å². The summed E-state index contributed by atoms with van der Waals surface area (Å²) in [6.07, 6.45) is 0.997. The number of ether oxygens (including phenoxy) is 1. The van der Waals surface area contributed by atoms with Crippen LogP contribution in [0.15, 0.2) is 35.0 Å². The topological polar surface area (TPSA) is 21.3 Å². The molecule has 1 atom stereocenters. The van der Waals surface area contributed by atoms with Crippen molar-refractivity contribution in [2.75, 3.05) is 13.7 Å². The number of methoxy groups -OCH3 is 1. The van der Waals surface area contributed by atoms with Crippen molar-refractivity contribution in [3.05, 3.63) is 51.7 Å². The van der Waals surface area contributed by atoms with Crippen LogP contribution in [0.25, 0.3) is 0 Å². The van der Waals surface area contributed by atoms with Crippen molar-refractivity contribution in [1.82, 2.24) is 5.32 Å². The van der Waals surface area contributed by atoms with Gasteiger partial charge in [0.25, 0.3) is 0 Å². The van der Waals surface area contributed by atoms with Crippen molar-refractivity contribution in [2.24, 2.45) is 0 Å². The summed E-state index contributed by atoms with van der Waals surface area (Å²) in [5.41, 5.74) is 3.89. The summed E-state index contributed by atoms with van der Waals surface area (Å²) in [4.78, 5) is 0. The van der Waals surface area contributed by atoms with Gasteiger partial charge in [0, 0.05) is 11.6 Å². The van der Waals surface area contributed by atoms with E-state index in [4.69, 9.17) is 4.74 Å². The standard InChI is InChI=1S/C16H21NOS/c1-4-17-15(10-13-7-8-19-11-13)14-9-12(2)5-6-16(14)18-3/h5-9,11,15,17H,4,10H2,1-3H3. The van der Waals surface area contributed by atoms with Crippen LogP contribution < -0.4 is 10.1 Å². The Morgan fingerprint density at radius 3 is 2.79 bits per heavy atom. The molecule has 0 radical (unpaired) electrons. The van der Waals surface area contributed by atoms with Crippen LogP contribution in [0.5, 0.6) is 5.75 Å². The number of benzene rings is 1. The fourth-order valence-corrected chi connectivity index (χ4v) is 2.99. The van der Waals surface area contributed by atoms with E-state index in [1.165, 1.54) is 16.7 Å². The number of hydrogen-bond donors (Lipinski definition) is 1. The van der Waals surface area contributed by atoms with E-state index in [1.54, 1.807) is 18.4 Å². The van der Waals surface area contributed by atoms with Crippen LogP contribution in [0.2, 0.25) is 0 Å². The zero-order valence-electron chi connectivity index (χ0n) is 11.8. The number of aryl methyl sites for hydroxylation is 1. The molecule has 1 aromatic carbocycles. The predicted octanol–water partition coefficient (Wildman–Crippen LogP) is 3.96. The van der Waals surface area contributed by atoms with Gasteiger partial charge in [0.2, 0.25) is 0 Å². The molecular formula is C16H21NOS. The summed E-state index contributed by atoms with van der Waals surface area (Å²) < 4.78 is 5.51. The van der Waals surface area contributed by atoms with Crippen molar-refractivity contribution in [3.63, 3.8) is 0 Å². The normalized spacial score (nSPS) is 12.4. The molecule has 0 aliphatic rings. The van der Waals surface area contributed by atoms with Gasteiger partial charge in [-0.2, -0.15) is 11.3 Å². The lowest BCUT2D eigenvalue weighted by molar-refractivity contribution is 0.399. The Morgan fingerprint density at radius 2 is 2.16 bits per heavy atom. The molecule has 0 aliphatic heterocycles. The average Bonchev–Trinajstić information content (AvgIpc) is 2.91. The largest absolute Gasteiger partial charge is 0.496 e. The molecule has 19 heavy (non-hydrogen) atoms. The van der Waals surface area contributed by atoms with Gasteiger partial charge in [-0.15, -0.1) is 0 Å². The first-order chi connectivity index (χ1) is 9.24. The van der Waals surface area contributed by atoms with E-state index >= 15 is 0 Å². The third-order valence-corrected chi connectivity index (χ3v) is 3.96. The molecule has 0 amide bonds. The van der Waals surface area contributed by atoms with Gasteiger partial charge in [-0.3, -0.25) is 0 Å². The third kappa shape index (κ3) is 3.58. The molecule has 1 heterocycles. The average molecular weight is 275 g/mol. The van der Waals surface area contributed by atoms with Gasteiger partial charge in [-0.05, 0) is 48.3 Å². The van der Waals surface area contributed by atoms with Crippen molar-refractivity contribution in [2.45, 2.75) is 26.3 Å². The van der Waals surface area contributed by atoms with Gasteiger partial charge in [0.15, 0.2) is 0 Å². The number of nitrogens with one attached hydrogen (secondary N) is 1. The highest BCUT2D eigenvalue weighted by Crippen LogP contribution is 2.29. The summed E-state index contributed by atoms with van der Waals surface area (Å²) in [7, 11) is 1.74. The molecule has 0 aliphatic carbocycles. The quantitative estimate of drug-likeness (QED) is 0.861. The maximum atomic E-state index is 5.51. The van der Waals surface area contributed by atoms with E-state index in [-0.39, 0.29) is 0 Å². The molecule has 2 aromatic rings. The molecule has 3 heteroatoms. The second kappa shape index (κ2) is 6.73. The van der Waals surface area contributed by atoms with Crippen LogP contribution in [0.1, 0.15) is 29.7 Å². The summed E-state index contributed by atoms with van der Waals surface area (Å²) in [5, 5.41) is 7.91. The van der Waals surface area contributed by atoms with Crippen LogP contribution in [0, 0.1) is 6.92 Å². The lowest BCUT2D eigenvalue weighted by atomic mass is 9.98. The van der Waals surface area contributed by atoms with Crippen molar-refractivity contribution >= 4 is 11.3 Å². The zero-order chi connectivity index (χ0) is 13.7. The second-order valence-corrected chi connectivity index (χ2v) is 5.47. The van der Waals surface area contributed by atoms with E-state index in [2.05, 4.69) is 54.2 Å². The van der Waals surface area contributed by atoms with Gasteiger partial charge in [0.1, 0.15) is 5.75 Å². The fourth-order valence-electron chi connectivity index (χ4n) is 2.31. The molecule has 102 valence electrons. The molecule has 0 saturated carbocycles. The molecule has 2 nitrogen and oxygen atoms in total. The molecular weight excluding hydrogens is 254 g/mol. The molecule has 1 N–H and O–H groups in total. The van der Waals surface area contributed by atoms with E-state index in [0.29, 0.717) is 6.04 Å². The first-order valence-corrected chi connectivity index (χ1v) is 7.58. The Labute approximate surface area is 119 Å². The van der Waals surface area contributed by atoms with Crippen molar-refractivity contribution < 1.29 is 4.74 Å².